The second-order valence-electron chi connectivity index (χ2n) is 3.75. The van der Waals surface area contributed by atoms with Gasteiger partial charge in [-0.05, 0) is 31.2 Å². The number of hydrogen-bond acceptors (Lipinski definition) is 4. The van der Waals surface area contributed by atoms with Crippen molar-refractivity contribution in [3.63, 3.8) is 0 Å². The fourth-order valence-electron chi connectivity index (χ4n) is 1.63. The number of pyridine rings is 1. The molecule has 0 saturated carbocycles. The van der Waals surface area contributed by atoms with Gasteiger partial charge in [-0.2, -0.15) is 0 Å². The van der Waals surface area contributed by atoms with Crippen molar-refractivity contribution in [3.05, 3.63) is 51.7 Å². The summed E-state index contributed by atoms with van der Waals surface area (Å²) < 4.78 is 5.33. The van der Waals surface area contributed by atoms with Gasteiger partial charge in [0.2, 0.25) is 0 Å². The Morgan fingerprint density at radius 1 is 1.32 bits per heavy atom. The zero-order valence-corrected chi connectivity index (χ0v) is 10.9. The van der Waals surface area contributed by atoms with Crippen LogP contribution in [0.15, 0.2) is 36.4 Å². The highest BCUT2D eigenvalue weighted by molar-refractivity contribution is 6.29. The van der Waals surface area contributed by atoms with Crippen LogP contribution < -0.4 is 4.74 Å². The number of nitrogens with zero attached hydrogens (tertiary/aromatic N) is 2. The second kappa shape index (κ2) is 5.67. The number of ether oxygens (including phenoxy) is 1. The van der Waals surface area contributed by atoms with E-state index in [2.05, 4.69) is 4.98 Å². The molecule has 1 aromatic carbocycles. The number of benzene rings is 1. The van der Waals surface area contributed by atoms with E-state index in [1.54, 1.807) is 24.3 Å². The lowest BCUT2D eigenvalue weighted by Gasteiger charge is -2.05. The van der Waals surface area contributed by atoms with Crippen LogP contribution in [0.1, 0.15) is 6.92 Å². The molecule has 6 heteroatoms. The van der Waals surface area contributed by atoms with E-state index in [0.717, 1.165) is 11.3 Å². The number of aromatic nitrogens is 1. The lowest BCUT2D eigenvalue weighted by atomic mass is 10.1. The van der Waals surface area contributed by atoms with Gasteiger partial charge in [-0.25, -0.2) is 4.98 Å². The van der Waals surface area contributed by atoms with Crippen molar-refractivity contribution in [1.29, 1.82) is 0 Å². The average molecular weight is 279 g/mol. The minimum absolute atomic E-state index is 0.0797. The van der Waals surface area contributed by atoms with Crippen LogP contribution in [0.4, 0.5) is 5.69 Å². The molecule has 98 valence electrons. The van der Waals surface area contributed by atoms with Gasteiger partial charge in [0, 0.05) is 11.6 Å². The Morgan fingerprint density at radius 3 is 2.58 bits per heavy atom. The highest BCUT2D eigenvalue weighted by Gasteiger charge is 2.11. The molecule has 0 aliphatic heterocycles. The molecule has 0 radical (unpaired) electrons. The third-order valence-corrected chi connectivity index (χ3v) is 2.64. The molecule has 0 unspecified atom stereocenters. The first-order chi connectivity index (χ1) is 9.10. The van der Waals surface area contributed by atoms with Gasteiger partial charge in [-0.15, -0.1) is 0 Å². The molecule has 0 bridgehead atoms. The number of hydrogen-bond donors (Lipinski definition) is 0. The smallest absolute Gasteiger partial charge is 0.274 e. The maximum Gasteiger partial charge on any atom is 0.274 e. The van der Waals surface area contributed by atoms with Crippen LogP contribution in [-0.2, 0) is 0 Å². The number of nitro groups is 1. The Labute approximate surface area is 115 Å². The molecular formula is C13H11ClN2O3. The predicted molar refractivity (Wildman–Crippen MR) is 72.5 cm³/mol. The predicted octanol–water partition coefficient (Wildman–Crippen LogP) is 3.71. The monoisotopic (exact) mass is 278 g/mol. The second-order valence-corrected chi connectivity index (χ2v) is 4.14. The largest absolute Gasteiger partial charge is 0.494 e. The summed E-state index contributed by atoms with van der Waals surface area (Å²) in [6.45, 7) is 2.48. The molecule has 19 heavy (non-hydrogen) atoms. The highest BCUT2D eigenvalue weighted by Crippen LogP contribution is 2.26. The molecule has 0 amide bonds. The first-order valence-corrected chi connectivity index (χ1v) is 6.03. The molecule has 0 saturated heterocycles. The van der Waals surface area contributed by atoms with Crippen LogP contribution in [-0.4, -0.2) is 16.5 Å². The van der Waals surface area contributed by atoms with Crippen LogP contribution >= 0.6 is 11.6 Å². The van der Waals surface area contributed by atoms with E-state index in [9.17, 15) is 10.1 Å². The molecular weight excluding hydrogens is 268 g/mol. The van der Waals surface area contributed by atoms with Crippen molar-refractivity contribution in [2.75, 3.05) is 6.61 Å². The summed E-state index contributed by atoms with van der Waals surface area (Å²) in [4.78, 5) is 14.4. The number of halogens is 1. The third kappa shape index (κ3) is 3.20. The molecule has 0 spiro atoms. The van der Waals surface area contributed by atoms with Crippen LogP contribution in [0.25, 0.3) is 11.3 Å². The summed E-state index contributed by atoms with van der Waals surface area (Å²) in [7, 11) is 0. The Hall–Kier alpha value is -2.14. The maximum atomic E-state index is 10.8. The van der Waals surface area contributed by atoms with Gasteiger partial charge < -0.3 is 4.74 Å². The summed E-state index contributed by atoms with van der Waals surface area (Å²) >= 11 is 5.78. The summed E-state index contributed by atoms with van der Waals surface area (Å²) in [6.07, 6.45) is 0. The molecule has 1 heterocycles. The maximum absolute atomic E-state index is 10.8. The van der Waals surface area contributed by atoms with E-state index in [1.807, 2.05) is 6.92 Å². The van der Waals surface area contributed by atoms with Gasteiger partial charge in [0.05, 0.1) is 23.3 Å². The van der Waals surface area contributed by atoms with E-state index in [0.29, 0.717) is 12.3 Å². The van der Waals surface area contributed by atoms with E-state index in [1.165, 1.54) is 12.1 Å². The van der Waals surface area contributed by atoms with Crippen LogP contribution in [0.3, 0.4) is 0 Å². The van der Waals surface area contributed by atoms with Crippen molar-refractivity contribution in [2.45, 2.75) is 6.92 Å². The van der Waals surface area contributed by atoms with Crippen molar-refractivity contribution in [1.82, 2.24) is 4.98 Å². The molecule has 0 N–H and O–H groups in total. The van der Waals surface area contributed by atoms with Crippen LogP contribution in [0, 0.1) is 10.1 Å². The van der Waals surface area contributed by atoms with E-state index in [4.69, 9.17) is 16.3 Å². The van der Waals surface area contributed by atoms with Gasteiger partial charge in [0.15, 0.2) is 0 Å². The van der Waals surface area contributed by atoms with Gasteiger partial charge in [0.25, 0.3) is 5.69 Å². The van der Waals surface area contributed by atoms with Crippen LogP contribution in [0.2, 0.25) is 5.15 Å². The number of rotatable bonds is 4. The Kier molecular flexibility index (Phi) is 3.97. The molecule has 1 aromatic heterocycles. The summed E-state index contributed by atoms with van der Waals surface area (Å²) in [5.41, 5.74) is 1.13. The third-order valence-electron chi connectivity index (χ3n) is 2.45. The molecule has 5 nitrogen and oxygen atoms in total. The molecule has 2 aromatic rings. The van der Waals surface area contributed by atoms with Gasteiger partial charge in [-0.1, -0.05) is 11.6 Å². The molecule has 0 atom stereocenters. The average Bonchev–Trinajstić information content (AvgIpc) is 2.39. The van der Waals surface area contributed by atoms with Crippen molar-refractivity contribution in [2.24, 2.45) is 0 Å². The molecule has 0 aliphatic rings. The summed E-state index contributed by atoms with van der Waals surface area (Å²) in [5.74, 6) is 0.739. The van der Waals surface area contributed by atoms with Gasteiger partial charge in [0.1, 0.15) is 10.9 Å². The lowest BCUT2D eigenvalue weighted by molar-refractivity contribution is -0.384. The van der Waals surface area contributed by atoms with Crippen molar-refractivity contribution < 1.29 is 9.66 Å². The summed E-state index contributed by atoms with van der Waals surface area (Å²) in [5, 5.41) is 10.9. The minimum atomic E-state index is -0.494. The molecule has 0 fully saturated rings. The fourth-order valence-corrected chi connectivity index (χ4v) is 1.83. The SMILES string of the molecule is CCOc1ccc(-c2cc([N+](=O)[O-])cc(Cl)n2)cc1. The molecule has 2 rings (SSSR count). The van der Waals surface area contributed by atoms with Crippen molar-refractivity contribution >= 4 is 17.3 Å². The van der Waals surface area contributed by atoms with Gasteiger partial charge in [-0.3, -0.25) is 10.1 Å². The zero-order chi connectivity index (χ0) is 13.8. The lowest BCUT2D eigenvalue weighted by Crippen LogP contribution is -1.93. The topological polar surface area (TPSA) is 65.3 Å². The first-order valence-electron chi connectivity index (χ1n) is 5.65. The summed E-state index contributed by atoms with van der Waals surface area (Å²) in [6, 6.07) is 9.75. The Morgan fingerprint density at radius 2 is 2.00 bits per heavy atom. The van der Waals surface area contributed by atoms with E-state index >= 15 is 0 Å². The molecule has 0 aliphatic carbocycles. The standard InChI is InChI=1S/C13H11ClN2O3/c1-2-19-11-5-3-9(4-6-11)12-7-10(16(17)18)8-13(14)15-12/h3-8H,2H2,1H3. The fraction of sp³-hybridized carbons (Fsp3) is 0.154. The van der Waals surface area contributed by atoms with Gasteiger partial charge >= 0.3 is 0 Å². The first kappa shape index (κ1) is 13.3. The minimum Gasteiger partial charge on any atom is -0.494 e. The quantitative estimate of drug-likeness (QED) is 0.486. The highest BCUT2D eigenvalue weighted by atomic mass is 35.5. The Balaban J connectivity index is 2.38. The zero-order valence-electron chi connectivity index (χ0n) is 10.2. The Bertz CT molecular complexity index is 599. The van der Waals surface area contributed by atoms with Crippen LogP contribution in [0.5, 0.6) is 5.75 Å². The van der Waals surface area contributed by atoms with E-state index < -0.39 is 4.92 Å². The van der Waals surface area contributed by atoms with E-state index in [-0.39, 0.29) is 10.8 Å². The normalized spacial score (nSPS) is 10.2. The van der Waals surface area contributed by atoms with Crippen molar-refractivity contribution in [3.8, 4) is 17.0 Å².